The Hall–Kier alpha value is -1.82. The molecule has 82 valence electrons. The van der Waals surface area contributed by atoms with E-state index >= 15 is 0 Å². The molecule has 0 spiro atoms. The molecule has 2 aliphatic carbocycles. The fraction of sp³-hybridized carbons (Fsp3) is 0.176. The molecule has 0 N–H and O–H groups in total. The highest BCUT2D eigenvalue weighted by atomic mass is 14.3. The Morgan fingerprint density at radius 2 is 1.71 bits per heavy atom. The number of hydrogen-bond acceptors (Lipinski definition) is 0. The first kappa shape index (κ1) is 9.23. The van der Waals surface area contributed by atoms with Gasteiger partial charge in [0.1, 0.15) is 0 Å². The topological polar surface area (TPSA) is 0 Å². The zero-order chi connectivity index (χ0) is 11.2. The summed E-state index contributed by atoms with van der Waals surface area (Å²) in [7, 11) is 0. The summed E-state index contributed by atoms with van der Waals surface area (Å²) in [5.74, 6) is 0. The van der Waals surface area contributed by atoms with Crippen molar-refractivity contribution in [2.75, 3.05) is 0 Å². The second-order valence-electron chi connectivity index (χ2n) is 4.92. The summed E-state index contributed by atoms with van der Waals surface area (Å²) in [4.78, 5) is 0. The van der Waals surface area contributed by atoms with Gasteiger partial charge in [-0.1, -0.05) is 48.6 Å². The van der Waals surface area contributed by atoms with Crippen molar-refractivity contribution in [2.45, 2.75) is 19.3 Å². The van der Waals surface area contributed by atoms with Crippen molar-refractivity contribution in [3.8, 4) is 0 Å². The van der Waals surface area contributed by atoms with Gasteiger partial charge in [-0.2, -0.15) is 0 Å². The fourth-order valence-corrected chi connectivity index (χ4v) is 3.14. The van der Waals surface area contributed by atoms with E-state index < -0.39 is 0 Å². The molecule has 17 heavy (non-hydrogen) atoms. The van der Waals surface area contributed by atoms with E-state index in [4.69, 9.17) is 0 Å². The summed E-state index contributed by atoms with van der Waals surface area (Å²) in [6.45, 7) is 0. The molecule has 0 nitrogen and oxygen atoms in total. The van der Waals surface area contributed by atoms with Crippen LogP contribution in [-0.2, 0) is 6.42 Å². The summed E-state index contributed by atoms with van der Waals surface area (Å²) in [6.07, 6.45) is 8.38. The molecule has 0 atom stereocenters. The molecular formula is C17H14. The van der Waals surface area contributed by atoms with Gasteiger partial charge in [-0.15, -0.1) is 0 Å². The third-order valence-corrected chi connectivity index (χ3v) is 3.92. The standard InChI is InChI=1S/C17H14/c1-3-7-15-12(5-1)9-10-14-11-13-6-2-4-8-16(13)17(14)15/h1,3,5-10H,2,4,11H2. The van der Waals surface area contributed by atoms with Gasteiger partial charge in [-0.3, -0.25) is 0 Å². The molecule has 2 aromatic rings. The Bertz CT molecular complexity index is 671. The molecule has 0 heterocycles. The second-order valence-corrected chi connectivity index (χ2v) is 4.92. The van der Waals surface area contributed by atoms with E-state index in [1.54, 1.807) is 5.57 Å². The highest BCUT2D eigenvalue weighted by Gasteiger charge is 2.23. The van der Waals surface area contributed by atoms with Crippen molar-refractivity contribution in [1.82, 2.24) is 0 Å². The Morgan fingerprint density at radius 3 is 2.71 bits per heavy atom. The average Bonchev–Trinajstić information content (AvgIpc) is 2.77. The Labute approximate surface area is 101 Å². The smallest absolute Gasteiger partial charge is 0.00165 e. The maximum Gasteiger partial charge on any atom is -0.00165 e. The maximum atomic E-state index is 2.42. The number of benzene rings is 2. The number of fused-ring (bicyclic) bond motifs is 5. The maximum absolute atomic E-state index is 2.42. The minimum Gasteiger partial charge on any atom is -0.0801 e. The third kappa shape index (κ3) is 1.24. The lowest BCUT2D eigenvalue weighted by molar-refractivity contribution is 1.02. The molecule has 4 rings (SSSR count). The molecule has 0 heteroatoms. The predicted molar refractivity (Wildman–Crippen MR) is 72.9 cm³/mol. The summed E-state index contributed by atoms with van der Waals surface area (Å²) >= 11 is 0. The Kier molecular flexibility index (Phi) is 1.81. The first-order chi connectivity index (χ1) is 8.43. The van der Waals surface area contributed by atoms with Gasteiger partial charge in [0.25, 0.3) is 0 Å². The van der Waals surface area contributed by atoms with Gasteiger partial charge in [0.2, 0.25) is 0 Å². The van der Waals surface area contributed by atoms with Crippen molar-refractivity contribution in [2.24, 2.45) is 0 Å². The predicted octanol–water partition coefficient (Wildman–Crippen LogP) is 4.50. The van der Waals surface area contributed by atoms with Crippen molar-refractivity contribution >= 4 is 16.3 Å². The molecule has 0 saturated carbocycles. The minimum atomic E-state index is 1.13. The number of allylic oxidation sites excluding steroid dienone is 4. The largest absolute Gasteiger partial charge is 0.0801 e. The number of rotatable bonds is 0. The van der Waals surface area contributed by atoms with E-state index in [1.807, 2.05) is 0 Å². The molecule has 2 aromatic carbocycles. The molecule has 0 amide bonds. The van der Waals surface area contributed by atoms with Crippen LogP contribution in [0.2, 0.25) is 0 Å². The van der Waals surface area contributed by atoms with E-state index in [0.29, 0.717) is 0 Å². The molecule has 0 aliphatic heterocycles. The SMILES string of the molecule is C1=C2Cc3ccc4ccccc4c3C2=CCC1. The van der Waals surface area contributed by atoms with E-state index in [9.17, 15) is 0 Å². The van der Waals surface area contributed by atoms with Crippen molar-refractivity contribution in [3.05, 3.63) is 65.3 Å². The van der Waals surface area contributed by atoms with Crippen LogP contribution in [0.3, 0.4) is 0 Å². The molecule has 0 bridgehead atoms. The highest BCUT2D eigenvalue weighted by molar-refractivity contribution is 6.01. The lowest BCUT2D eigenvalue weighted by atomic mass is 9.94. The summed E-state index contributed by atoms with van der Waals surface area (Å²) in [5.41, 5.74) is 6.04. The van der Waals surface area contributed by atoms with Crippen LogP contribution >= 0.6 is 0 Å². The van der Waals surface area contributed by atoms with Gasteiger partial charge in [0.05, 0.1) is 0 Å². The van der Waals surface area contributed by atoms with Crippen LogP contribution in [0.15, 0.2) is 54.1 Å². The average molecular weight is 218 g/mol. The lowest BCUT2D eigenvalue weighted by Crippen LogP contribution is -1.88. The van der Waals surface area contributed by atoms with Crippen LogP contribution in [0.5, 0.6) is 0 Å². The Balaban J connectivity index is 2.10. The van der Waals surface area contributed by atoms with Gasteiger partial charge in [-0.05, 0) is 52.3 Å². The first-order valence-electron chi connectivity index (χ1n) is 6.34. The highest BCUT2D eigenvalue weighted by Crippen LogP contribution is 2.42. The molecule has 0 unspecified atom stereocenters. The summed E-state index contributed by atoms with van der Waals surface area (Å²) < 4.78 is 0. The van der Waals surface area contributed by atoms with Gasteiger partial charge in [-0.25, -0.2) is 0 Å². The van der Waals surface area contributed by atoms with Crippen LogP contribution in [0, 0.1) is 0 Å². The van der Waals surface area contributed by atoms with Crippen molar-refractivity contribution < 1.29 is 0 Å². The van der Waals surface area contributed by atoms with Gasteiger partial charge >= 0.3 is 0 Å². The first-order valence-corrected chi connectivity index (χ1v) is 6.34. The van der Waals surface area contributed by atoms with E-state index in [2.05, 4.69) is 48.6 Å². The van der Waals surface area contributed by atoms with Crippen molar-refractivity contribution in [1.29, 1.82) is 0 Å². The molecule has 0 aromatic heterocycles. The zero-order valence-electron chi connectivity index (χ0n) is 9.74. The Morgan fingerprint density at radius 1 is 0.824 bits per heavy atom. The van der Waals surface area contributed by atoms with Crippen LogP contribution < -0.4 is 0 Å². The summed E-state index contributed by atoms with van der Waals surface area (Å²) in [5, 5.41) is 2.78. The quantitative estimate of drug-likeness (QED) is 0.610. The zero-order valence-corrected chi connectivity index (χ0v) is 9.74. The summed E-state index contributed by atoms with van der Waals surface area (Å²) in [6, 6.07) is 13.3. The van der Waals surface area contributed by atoms with Crippen LogP contribution in [0.25, 0.3) is 16.3 Å². The van der Waals surface area contributed by atoms with Crippen LogP contribution in [0.4, 0.5) is 0 Å². The van der Waals surface area contributed by atoms with E-state index in [1.165, 1.54) is 40.3 Å². The monoisotopic (exact) mass is 218 g/mol. The lowest BCUT2D eigenvalue weighted by Gasteiger charge is -2.10. The third-order valence-electron chi connectivity index (χ3n) is 3.92. The molecule has 0 radical (unpaired) electrons. The van der Waals surface area contributed by atoms with Crippen molar-refractivity contribution in [3.63, 3.8) is 0 Å². The van der Waals surface area contributed by atoms with E-state index in [-0.39, 0.29) is 0 Å². The normalized spacial score (nSPS) is 17.4. The molecular weight excluding hydrogens is 204 g/mol. The van der Waals surface area contributed by atoms with Gasteiger partial charge in [0.15, 0.2) is 0 Å². The molecule has 0 saturated heterocycles. The van der Waals surface area contributed by atoms with Crippen LogP contribution in [0.1, 0.15) is 24.0 Å². The van der Waals surface area contributed by atoms with Crippen LogP contribution in [-0.4, -0.2) is 0 Å². The van der Waals surface area contributed by atoms with Gasteiger partial charge in [0, 0.05) is 0 Å². The second kappa shape index (κ2) is 3.33. The molecule has 0 fully saturated rings. The van der Waals surface area contributed by atoms with E-state index in [0.717, 1.165) is 6.42 Å². The number of hydrogen-bond donors (Lipinski definition) is 0. The minimum absolute atomic E-state index is 1.13. The van der Waals surface area contributed by atoms with Gasteiger partial charge < -0.3 is 0 Å². The molecule has 2 aliphatic rings. The fourth-order valence-electron chi connectivity index (χ4n) is 3.14.